The van der Waals surface area contributed by atoms with Gasteiger partial charge in [-0.05, 0) is 36.8 Å². The van der Waals surface area contributed by atoms with E-state index in [1.54, 1.807) is 6.26 Å². The van der Waals surface area contributed by atoms with Crippen LogP contribution in [0.25, 0.3) is 22.2 Å². The SMILES string of the molecule is CCn1c(-c2ccc(NS(C)=O)cc2)c(C#N)c2ccc(OCCN3CCSCC3)cc21. The van der Waals surface area contributed by atoms with Crippen molar-refractivity contribution >= 4 is 39.3 Å². The van der Waals surface area contributed by atoms with Gasteiger partial charge in [0, 0.05) is 61.1 Å². The van der Waals surface area contributed by atoms with Crippen molar-refractivity contribution in [1.82, 2.24) is 9.47 Å². The molecule has 1 atom stereocenters. The molecule has 2 aromatic carbocycles. The highest BCUT2D eigenvalue weighted by atomic mass is 32.2. The maximum Gasteiger partial charge on any atom is 0.121 e. The third-order valence-electron chi connectivity index (χ3n) is 5.66. The fraction of sp³-hybridized carbons (Fsp3) is 0.375. The number of nitriles is 1. The van der Waals surface area contributed by atoms with E-state index in [-0.39, 0.29) is 0 Å². The quantitative estimate of drug-likeness (QED) is 0.533. The molecule has 1 aliphatic heterocycles. The fourth-order valence-corrected chi connectivity index (χ4v) is 5.59. The second-order valence-corrected chi connectivity index (χ2v) is 10.0. The monoisotopic (exact) mass is 468 g/mol. The van der Waals surface area contributed by atoms with Crippen molar-refractivity contribution in [2.45, 2.75) is 13.5 Å². The molecule has 3 aromatic rings. The van der Waals surface area contributed by atoms with Gasteiger partial charge in [-0.1, -0.05) is 12.1 Å². The summed E-state index contributed by atoms with van der Waals surface area (Å²) in [4.78, 5) is 2.45. The molecule has 0 bridgehead atoms. The van der Waals surface area contributed by atoms with Crippen LogP contribution in [0.15, 0.2) is 42.5 Å². The molecule has 1 aliphatic rings. The molecule has 1 fully saturated rings. The van der Waals surface area contributed by atoms with E-state index in [0.29, 0.717) is 12.2 Å². The van der Waals surface area contributed by atoms with Gasteiger partial charge in [0.1, 0.15) is 29.4 Å². The van der Waals surface area contributed by atoms with E-state index in [4.69, 9.17) is 4.74 Å². The number of benzene rings is 2. The maximum atomic E-state index is 11.4. The van der Waals surface area contributed by atoms with Crippen LogP contribution >= 0.6 is 11.8 Å². The van der Waals surface area contributed by atoms with Crippen LogP contribution in [-0.4, -0.2) is 57.7 Å². The highest BCUT2D eigenvalue weighted by Crippen LogP contribution is 2.35. The standard InChI is InChI=1S/C24H28N4O2S2/c1-3-28-23-16-20(30-13-10-27-11-14-31-15-12-27)8-9-21(23)22(17-25)24(28)18-4-6-19(7-5-18)26-32(2)29/h4-9,16,26H,3,10-15H2,1-2H3. The van der Waals surface area contributed by atoms with E-state index < -0.39 is 11.0 Å². The Labute approximate surface area is 196 Å². The largest absolute Gasteiger partial charge is 0.492 e. The summed E-state index contributed by atoms with van der Waals surface area (Å²) in [6.07, 6.45) is 1.60. The zero-order chi connectivity index (χ0) is 22.5. The Bertz CT molecular complexity index is 1150. The normalized spacial score (nSPS) is 15.4. The van der Waals surface area contributed by atoms with E-state index >= 15 is 0 Å². The number of rotatable bonds is 8. The molecular weight excluding hydrogens is 440 g/mol. The van der Waals surface area contributed by atoms with Crippen molar-refractivity contribution in [1.29, 1.82) is 5.26 Å². The molecule has 1 N–H and O–H groups in total. The van der Waals surface area contributed by atoms with E-state index in [0.717, 1.165) is 59.8 Å². The van der Waals surface area contributed by atoms with Crippen molar-refractivity contribution in [2.75, 3.05) is 48.7 Å². The summed E-state index contributed by atoms with van der Waals surface area (Å²) in [7, 11) is -1.13. The van der Waals surface area contributed by atoms with E-state index in [2.05, 4.69) is 27.2 Å². The Morgan fingerprint density at radius 3 is 2.59 bits per heavy atom. The second-order valence-electron chi connectivity index (χ2n) is 7.69. The lowest BCUT2D eigenvalue weighted by Gasteiger charge is -2.25. The van der Waals surface area contributed by atoms with Crippen molar-refractivity contribution in [3.05, 3.63) is 48.0 Å². The van der Waals surface area contributed by atoms with Gasteiger partial charge >= 0.3 is 0 Å². The first kappa shape index (κ1) is 22.7. The van der Waals surface area contributed by atoms with Crippen LogP contribution in [0, 0.1) is 11.3 Å². The number of nitrogens with one attached hydrogen (secondary N) is 1. The minimum absolute atomic E-state index is 0.661. The molecule has 0 radical (unpaired) electrons. The van der Waals surface area contributed by atoms with Crippen LogP contribution in [0.2, 0.25) is 0 Å². The lowest BCUT2D eigenvalue weighted by Crippen LogP contribution is -2.35. The predicted octanol–water partition coefficient (Wildman–Crippen LogP) is 4.33. The summed E-state index contributed by atoms with van der Waals surface area (Å²) in [6.45, 7) is 6.68. The summed E-state index contributed by atoms with van der Waals surface area (Å²) in [5.74, 6) is 3.23. The van der Waals surface area contributed by atoms with Gasteiger partial charge in [0.05, 0.1) is 16.8 Å². The Balaban J connectivity index is 1.61. The van der Waals surface area contributed by atoms with Gasteiger partial charge in [0.15, 0.2) is 0 Å². The molecule has 168 valence electrons. The van der Waals surface area contributed by atoms with Gasteiger partial charge in [-0.25, -0.2) is 4.21 Å². The molecule has 0 saturated carbocycles. The van der Waals surface area contributed by atoms with Crippen molar-refractivity contribution < 1.29 is 8.95 Å². The molecule has 32 heavy (non-hydrogen) atoms. The molecule has 0 spiro atoms. The molecule has 6 nitrogen and oxygen atoms in total. The topological polar surface area (TPSA) is 70.3 Å². The minimum Gasteiger partial charge on any atom is -0.492 e. The zero-order valence-electron chi connectivity index (χ0n) is 18.5. The summed E-state index contributed by atoms with van der Waals surface area (Å²) in [5.41, 5.74) is 4.31. The summed E-state index contributed by atoms with van der Waals surface area (Å²) >= 11 is 2.01. The Morgan fingerprint density at radius 1 is 1.19 bits per heavy atom. The number of thioether (sulfide) groups is 1. The number of nitrogens with zero attached hydrogens (tertiary/aromatic N) is 3. The number of anilines is 1. The van der Waals surface area contributed by atoms with Gasteiger partial charge in [0.25, 0.3) is 0 Å². The number of hydrogen-bond donors (Lipinski definition) is 1. The number of aryl methyl sites for hydroxylation is 1. The van der Waals surface area contributed by atoms with Gasteiger partial charge < -0.3 is 14.0 Å². The third-order valence-corrected chi connectivity index (χ3v) is 7.13. The first-order chi connectivity index (χ1) is 15.6. The molecular formula is C24H28N4O2S2. The van der Waals surface area contributed by atoms with Crippen LogP contribution in [0.4, 0.5) is 5.69 Å². The zero-order valence-corrected chi connectivity index (χ0v) is 20.1. The lowest BCUT2D eigenvalue weighted by atomic mass is 10.1. The maximum absolute atomic E-state index is 11.4. The van der Waals surface area contributed by atoms with Gasteiger partial charge in [0.2, 0.25) is 0 Å². The molecule has 0 amide bonds. The van der Waals surface area contributed by atoms with Gasteiger partial charge in [-0.15, -0.1) is 0 Å². The molecule has 8 heteroatoms. The molecule has 1 saturated heterocycles. The number of ether oxygens (including phenoxy) is 1. The lowest BCUT2D eigenvalue weighted by molar-refractivity contribution is 0.222. The van der Waals surface area contributed by atoms with Crippen LogP contribution < -0.4 is 9.46 Å². The van der Waals surface area contributed by atoms with Gasteiger partial charge in [-0.2, -0.15) is 17.0 Å². The summed E-state index contributed by atoms with van der Waals surface area (Å²) < 4.78 is 22.6. The highest BCUT2D eigenvalue weighted by molar-refractivity contribution is 7.99. The predicted molar refractivity (Wildman–Crippen MR) is 135 cm³/mol. The summed E-state index contributed by atoms with van der Waals surface area (Å²) in [6, 6.07) is 16.1. The molecule has 1 aromatic heterocycles. The highest BCUT2D eigenvalue weighted by Gasteiger charge is 2.19. The smallest absolute Gasteiger partial charge is 0.121 e. The molecule has 2 heterocycles. The van der Waals surface area contributed by atoms with Crippen LogP contribution in [0.1, 0.15) is 12.5 Å². The average molecular weight is 469 g/mol. The van der Waals surface area contributed by atoms with E-state index in [1.165, 1.54) is 11.5 Å². The first-order valence-electron chi connectivity index (χ1n) is 10.8. The van der Waals surface area contributed by atoms with Crippen LogP contribution in [0.3, 0.4) is 0 Å². The van der Waals surface area contributed by atoms with Gasteiger partial charge in [-0.3, -0.25) is 4.90 Å². The number of fused-ring (bicyclic) bond motifs is 1. The van der Waals surface area contributed by atoms with Crippen molar-refractivity contribution in [2.24, 2.45) is 0 Å². The van der Waals surface area contributed by atoms with E-state index in [1.807, 2.05) is 54.2 Å². The second kappa shape index (κ2) is 10.4. The molecule has 0 aliphatic carbocycles. The fourth-order valence-electron chi connectivity index (χ4n) is 4.14. The Kier molecular flexibility index (Phi) is 7.40. The van der Waals surface area contributed by atoms with Crippen molar-refractivity contribution in [3.8, 4) is 23.1 Å². The minimum atomic E-state index is -1.13. The number of hydrogen-bond acceptors (Lipinski definition) is 5. The van der Waals surface area contributed by atoms with E-state index in [9.17, 15) is 9.47 Å². The molecule has 4 rings (SSSR count). The Hall–Kier alpha value is -2.47. The summed E-state index contributed by atoms with van der Waals surface area (Å²) in [5, 5.41) is 10.9. The van der Waals surface area contributed by atoms with Crippen LogP contribution in [0.5, 0.6) is 5.75 Å². The first-order valence-corrected chi connectivity index (χ1v) is 13.5. The number of aromatic nitrogens is 1. The van der Waals surface area contributed by atoms with Crippen LogP contribution in [-0.2, 0) is 17.5 Å². The van der Waals surface area contributed by atoms with Crippen molar-refractivity contribution in [3.63, 3.8) is 0 Å². The Morgan fingerprint density at radius 2 is 1.94 bits per heavy atom. The third kappa shape index (κ3) is 4.96. The average Bonchev–Trinajstić information content (AvgIpc) is 3.12. The molecule has 1 unspecified atom stereocenters.